The zero-order valence-electron chi connectivity index (χ0n) is 24.2. The number of rotatable bonds is 2. The number of aliphatic imine (C=N–C) groups is 5. The van der Waals surface area contributed by atoms with E-state index in [0.29, 0.717) is 0 Å². The molecule has 222 valence electrons. The molecule has 5 aliphatic heterocycles. The van der Waals surface area contributed by atoms with Gasteiger partial charge in [-0.05, 0) is 85.0 Å². The molecule has 0 N–H and O–H groups in total. The van der Waals surface area contributed by atoms with Crippen LogP contribution in [0.1, 0.15) is 59.8 Å². The van der Waals surface area contributed by atoms with Crippen molar-refractivity contribution in [3.63, 3.8) is 0 Å². The molecule has 0 bridgehead atoms. The van der Waals surface area contributed by atoms with E-state index in [1.54, 1.807) is 18.4 Å². The molecule has 6 nitrogen and oxygen atoms in total. The molecule has 0 saturated carbocycles. The first-order valence-electron chi connectivity index (χ1n) is 12.5. The summed E-state index contributed by atoms with van der Waals surface area (Å²) >= 11 is 11.2. The van der Waals surface area contributed by atoms with Crippen LogP contribution in [0.15, 0.2) is 117 Å². The minimum absolute atomic E-state index is 0.750. The van der Waals surface area contributed by atoms with Gasteiger partial charge >= 0.3 is 0 Å². The van der Waals surface area contributed by atoms with E-state index >= 15 is 0 Å². The molecule has 5 rings (SSSR count). The third kappa shape index (κ3) is 24.6. The summed E-state index contributed by atoms with van der Waals surface area (Å²) in [5, 5.41) is 0. The molecule has 0 aromatic carbocycles. The Bertz CT molecular complexity index is 1080. The highest BCUT2D eigenvalue weighted by Gasteiger charge is 2.03. The van der Waals surface area contributed by atoms with E-state index in [9.17, 15) is 0 Å². The van der Waals surface area contributed by atoms with E-state index in [1.165, 1.54) is 35.7 Å². The van der Waals surface area contributed by atoms with Crippen molar-refractivity contribution < 1.29 is 4.79 Å². The Kier molecular flexibility index (Phi) is 27.5. The van der Waals surface area contributed by atoms with Gasteiger partial charge in [0.1, 0.15) is 6.29 Å². The predicted octanol–water partition coefficient (Wildman–Crippen LogP) is 11.1. The minimum Gasteiger partial charge on any atom is -0.304 e. The molecule has 0 aromatic heterocycles. The number of hydrogen-bond donors (Lipinski definition) is 0. The third-order valence-electron chi connectivity index (χ3n) is 4.43. The number of allylic oxidation sites excluding steroid dienone is 7. The lowest BCUT2D eigenvalue weighted by Crippen LogP contribution is -1.83. The summed E-state index contributed by atoms with van der Waals surface area (Å²) in [7, 11) is 0. The van der Waals surface area contributed by atoms with Crippen molar-refractivity contribution in [3.05, 3.63) is 91.7 Å². The first-order chi connectivity index (χ1) is 19.5. The maximum Gasteiger partial charge on any atom is 0.116 e. The van der Waals surface area contributed by atoms with Crippen LogP contribution >= 0.6 is 77.0 Å². The van der Waals surface area contributed by atoms with Gasteiger partial charge in [0.2, 0.25) is 0 Å². The molecule has 0 aromatic rings. The smallest absolute Gasteiger partial charge is 0.116 e. The first-order valence-corrected chi connectivity index (χ1v) is 16.2. The van der Waals surface area contributed by atoms with E-state index in [0.717, 1.165) is 54.3 Å². The number of halogens is 4. The molecule has 0 atom stereocenters. The van der Waals surface area contributed by atoms with Gasteiger partial charge in [-0.2, -0.15) is 0 Å². The summed E-state index contributed by atoms with van der Waals surface area (Å²) in [6.45, 7) is 20.7. The fourth-order valence-electron chi connectivity index (χ4n) is 2.57. The molecule has 0 unspecified atom stereocenters. The average molecular weight is 911 g/mol. The zero-order valence-corrected chi connectivity index (χ0v) is 31.7. The number of carbonyl (C=O) groups is 1. The zero-order chi connectivity index (χ0) is 31.6. The Labute approximate surface area is 290 Å². The van der Waals surface area contributed by atoms with Crippen LogP contribution < -0.4 is 0 Å². The van der Waals surface area contributed by atoms with Crippen LogP contribution in [0.2, 0.25) is 0 Å². The van der Waals surface area contributed by atoms with Crippen molar-refractivity contribution in [1.29, 1.82) is 0 Å². The van der Waals surface area contributed by atoms with Gasteiger partial charge in [0.25, 0.3) is 0 Å². The number of hydrogen-bond acceptors (Lipinski definition) is 6. The molecule has 0 aliphatic carbocycles. The second-order valence-corrected chi connectivity index (χ2v) is 12.9. The van der Waals surface area contributed by atoms with Gasteiger partial charge in [0.15, 0.2) is 0 Å². The quantitative estimate of drug-likeness (QED) is 0.154. The maximum absolute atomic E-state index is 8.81. The van der Waals surface area contributed by atoms with Gasteiger partial charge in [-0.25, -0.2) is 0 Å². The largest absolute Gasteiger partial charge is 0.304 e. The van der Waals surface area contributed by atoms with Crippen LogP contribution in [-0.2, 0) is 4.79 Å². The fraction of sp³-hybridized carbons (Fsp3) is 0.290. The maximum atomic E-state index is 8.81. The second-order valence-electron chi connectivity index (χ2n) is 8.08. The SMILES string of the molecule is C=C.C=CC1=NC=C(Br)C1.C=CC1=NC=C(I)C1.CC1=NC=C(Br)C1.CC1=NC=C(I)C1.CC1=NC=CC1.CC=O. The summed E-state index contributed by atoms with van der Waals surface area (Å²) < 4.78 is 4.95. The normalized spacial score (nSPS) is 16.5. The Morgan fingerprint density at radius 3 is 1.32 bits per heavy atom. The summed E-state index contributed by atoms with van der Waals surface area (Å²) in [6.07, 6.45) is 20.6. The summed E-state index contributed by atoms with van der Waals surface area (Å²) in [5.74, 6) is 0. The molecule has 0 saturated heterocycles. The van der Waals surface area contributed by atoms with Gasteiger partial charge < -0.3 is 4.79 Å². The molecular weight excluding hydrogens is 872 g/mol. The predicted molar refractivity (Wildman–Crippen MR) is 208 cm³/mol. The van der Waals surface area contributed by atoms with Crippen molar-refractivity contribution in [2.24, 2.45) is 25.0 Å². The topological polar surface area (TPSA) is 78.9 Å². The van der Waals surface area contributed by atoms with E-state index in [-0.39, 0.29) is 0 Å². The van der Waals surface area contributed by atoms with E-state index in [4.69, 9.17) is 4.79 Å². The molecule has 5 aliphatic rings. The Balaban J connectivity index is 0. The highest BCUT2D eigenvalue weighted by Crippen LogP contribution is 2.19. The number of aldehydes is 1. The Morgan fingerprint density at radius 1 is 0.707 bits per heavy atom. The van der Waals surface area contributed by atoms with Crippen LogP contribution in [0.25, 0.3) is 0 Å². The van der Waals surface area contributed by atoms with Crippen LogP contribution in [0, 0.1) is 0 Å². The van der Waals surface area contributed by atoms with Crippen molar-refractivity contribution >= 4 is 112 Å². The van der Waals surface area contributed by atoms with Crippen LogP contribution in [-0.4, -0.2) is 34.8 Å². The Morgan fingerprint density at radius 2 is 1.15 bits per heavy atom. The lowest BCUT2D eigenvalue weighted by molar-refractivity contribution is -0.106. The number of nitrogens with zero attached hydrogens (tertiary/aromatic N) is 5. The molecule has 5 heterocycles. The van der Waals surface area contributed by atoms with Crippen LogP contribution in [0.5, 0.6) is 0 Å². The Hall–Kier alpha value is -1.64. The van der Waals surface area contributed by atoms with Gasteiger partial charge in [0.05, 0.1) is 0 Å². The molecule has 0 amide bonds. The first kappa shape index (κ1) is 41.5. The van der Waals surface area contributed by atoms with Crippen LogP contribution in [0.3, 0.4) is 0 Å². The molecule has 0 radical (unpaired) electrons. The summed E-state index contributed by atoms with van der Waals surface area (Å²) in [4.78, 5) is 29.0. The lowest BCUT2D eigenvalue weighted by Gasteiger charge is -1.84. The minimum atomic E-state index is 0.750. The average Bonchev–Trinajstić information content (AvgIpc) is 3.79. The van der Waals surface area contributed by atoms with E-state index < -0.39 is 0 Å². The fourth-order valence-corrected chi connectivity index (χ4v) is 4.69. The van der Waals surface area contributed by atoms with E-state index in [2.05, 4.69) is 134 Å². The standard InChI is InChI=1S/C6H6BrN.C6H6IN.C5H6BrN.C5H6IN.C5H7N.C2H4O.C2H4/c2*1-2-6-3-5(7)4-8-6;2*1-4-2-5(6)3-7-4;1-5-3-2-4-6-5;1-2-3;1-2/h2*2,4H,1,3H2;2*3H,2H2,1H3;2,4H,3H2,1H3;2H,1H3;1-2H2. The van der Waals surface area contributed by atoms with Crippen molar-refractivity contribution in [1.82, 2.24) is 0 Å². The molecular formula is C31H39Br2I2N5O. The van der Waals surface area contributed by atoms with Gasteiger partial charge in [-0.1, -0.05) is 51.1 Å². The van der Waals surface area contributed by atoms with Gasteiger partial charge in [-0.3, -0.25) is 25.0 Å². The second kappa shape index (κ2) is 27.2. The van der Waals surface area contributed by atoms with Crippen molar-refractivity contribution in [3.8, 4) is 0 Å². The summed E-state index contributed by atoms with van der Waals surface area (Å²) in [5.41, 5.74) is 5.75. The van der Waals surface area contributed by atoms with Crippen molar-refractivity contribution in [2.45, 2.75) is 59.8 Å². The lowest BCUT2D eigenvalue weighted by atomic mass is 10.3. The van der Waals surface area contributed by atoms with Gasteiger partial charge in [0, 0.05) is 108 Å². The molecule has 10 heteroatoms. The molecule has 41 heavy (non-hydrogen) atoms. The van der Waals surface area contributed by atoms with Crippen molar-refractivity contribution in [2.75, 3.05) is 0 Å². The highest BCUT2D eigenvalue weighted by molar-refractivity contribution is 14.1. The molecule has 0 fully saturated rings. The van der Waals surface area contributed by atoms with Gasteiger partial charge in [-0.15, -0.1) is 13.2 Å². The molecule has 0 spiro atoms. The highest BCUT2D eigenvalue weighted by atomic mass is 127. The third-order valence-corrected chi connectivity index (χ3v) is 6.72. The van der Waals surface area contributed by atoms with Crippen LogP contribution in [0.4, 0.5) is 0 Å². The monoisotopic (exact) mass is 909 g/mol. The number of carbonyl (C=O) groups excluding carboxylic acids is 1. The summed E-state index contributed by atoms with van der Waals surface area (Å²) in [6, 6.07) is 0. The van der Waals surface area contributed by atoms with E-state index in [1.807, 2.05) is 45.6 Å².